The molecule has 1 fully saturated rings. The van der Waals surface area contributed by atoms with Crippen LogP contribution >= 0.6 is 0 Å². The van der Waals surface area contributed by atoms with Gasteiger partial charge in [0.05, 0.1) is 5.69 Å². The third-order valence-corrected chi connectivity index (χ3v) is 4.89. The van der Waals surface area contributed by atoms with Crippen molar-refractivity contribution >= 4 is 15.7 Å². The second kappa shape index (κ2) is 5.24. The fourth-order valence-electron chi connectivity index (χ4n) is 1.76. The molecule has 1 aromatic heterocycles. The third kappa shape index (κ3) is 2.64. The molecule has 18 heavy (non-hydrogen) atoms. The van der Waals surface area contributed by atoms with Crippen LogP contribution in [0.4, 0.5) is 5.69 Å². The van der Waals surface area contributed by atoms with Gasteiger partial charge in [0.25, 0.3) is 10.0 Å². The Labute approximate surface area is 108 Å². The van der Waals surface area contributed by atoms with Crippen molar-refractivity contribution in [3.63, 3.8) is 0 Å². The fourth-order valence-corrected chi connectivity index (χ4v) is 3.25. The number of hydrogen-bond donors (Lipinski definition) is 1. The van der Waals surface area contributed by atoms with Gasteiger partial charge in [-0.05, 0) is 31.4 Å². The van der Waals surface area contributed by atoms with Crippen LogP contribution in [-0.2, 0) is 10.0 Å². The Hall–Kier alpha value is -1.14. The van der Waals surface area contributed by atoms with E-state index in [1.54, 1.807) is 19.2 Å². The van der Waals surface area contributed by atoms with Gasteiger partial charge in [0.1, 0.15) is 0 Å². The highest BCUT2D eigenvalue weighted by molar-refractivity contribution is 7.89. The molecule has 0 amide bonds. The third-order valence-electron chi connectivity index (χ3n) is 3.02. The number of pyridine rings is 1. The Bertz CT molecular complexity index is 512. The number of anilines is 1. The summed E-state index contributed by atoms with van der Waals surface area (Å²) in [6.07, 6.45) is 4.35. The zero-order chi connectivity index (χ0) is 13.2. The Balaban J connectivity index is 2.31. The first-order valence-corrected chi connectivity index (χ1v) is 7.68. The van der Waals surface area contributed by atoms with Crippen molar-refractivity contribution in [3.8, 4) is 0 Å². The molecule has 6 heteroatoms. The van der Waals surface area contributed by atoms with Crippen LogP contribution in [0.2, 0.25) is 0 Å². The minimum atomic E-state index is -3.48. The molecular weight excluding hydrogens is 250 g/mol. The maximum Gasteiger partial charge on any atom is 0.262 e. The van der Waals surface area contributed by atoms with Crippen molar-refractivity contribution in [2.45, 2.75) is 37.3 Å². The summed E-state index contributed by atoms with van der Waals surface area (Å²) < 4.78 is 26.3. The lowest BCUT2D eigenvalue weighted by atomic mass is 10.4. The maximum absolute atomic E-state index is 12.4. The van der Waals surface area contributed by atoms with E-state index in [-0.39, 0.29) is 11.1 Å². The highest BCUT2D eigenvalue weighted by atomic mass is 32.2. The van der Waals surface area contributed by atoms with E-state index in [0.29, 0.717) is 5.69 Å². The summed E-state index contributed by atoms with van der Waals surface area (Å²) in [5.41, 5.74) is 0.590. The van der Waals surface area contributed by atoms with E-state index in [1.807, 2.05) is 6.92 Å². The van der Waals surface area contributed by atoms with Crippen molar-refractivity contribution in [2.75, 3.05) is 18.9 Å². The summed E-state index contributed by atoms with van der Waals surface area (Å²) in [6, 6.07) is 3.65. The van der Waals surface area contributed by atoms with Crippen molar-refractivity contribution in [1.82, 2.24) is 9.29 Å². The molecular formula is C12H19N3O2S. The van der Waals surface area contributed by atoms with E-state index in [2.05, 4.69) is 10.3 Å². The smallest absolute Gasteiger partial charge is 0.262 e. The van der Waals surface area contributed by atoms with Crippen LogP contribution in [0.5, 0.6) is 0 Å². The van der Waals surface area contributed by atoms with Crippen LogP contribution in [-0.4, -0.2) is 37.3 Å². The standard InChI is InChI=1S/C12H19N3O2S/c1-3-8-13-11-5-4-9-14-12(11)18(16,17)15(2)10-6-7-10/h4-5,9-10,13H,3,6-8H2,1-2H3. The van der Waals surface area contributed by atoms with Gasteiger partial charge in [0, 0.05) is 25.8 Å². The normalized spacial score (nSPS) is 15.9. The number of nitrogens with zero attached hydrogens (tertiary/aromatic N) is 2. The summed E-state index contributed by atoms with van der Waals surface area (Å²) in [5, 5.41) is 3.25. The van der Waals surface area contributed by atoms with Crippen LogP contribution in [0.1, 0.15) is 26.2 Å². The van der Waals surface area contributed by atoms with Crippen LogP contribution in [0.15, 0.2) is 23.4 Å². The summed E-state index contributed by atoms with van der Waals surface area (Å²) >= 11 is 0. The van der Waals surface area contributed by atoms with Gasteiger partial charge in [-0.3, -0.25) is 0 Å². The molecule has 1 saturated carbocycles. The van der Waals surface area contributed by atoms with E-state index < -0.39 is 10.0 Å². The average Bonchev–Trinajstić information content (AvgIpc) is 3.20. The topological polar surface area (TPSA) is 62.3 Å². The molecule has 0 saturated heterocycles. The summed E-state index contributed by atoms with van der Waals surface area (Å²) in [7, 11) is -1.85. The molecule has 100 valence electrons. The monoisotopic (exact) mass is 269 g/mol. The van der Waals surface area contributed by atoms with Gasteiger partial charge in [-0.1, -0.05) is 6.92 Å². The zero-order valence-corrected chi connectivity index (χ0v) is 11.6. The quantitative estimate of drug-likeness (QED) is 0.853. The molecule has 0 bridgehead atoms. The molecule has 0 radical (unpaired) electrons. The van der Waals surface area contributed by atoms with Crippen molar-refractivity contribution < 1.29 is 8.42 Å². The first kappa shape index (κ1) is 13.3. The molecule has 1 heterocycles. The number of aromatic nitrogens is 1. The molecule has 1 N–H and O–H groups in total. The lowest BCUT2D eigenvalue weighted by Crippen LogP contribution is -2.30. The number of rotatable bonds is 6. The molecule has 5 nitrogen and oxygen atoms in total. The molecule has 2 rings (SSSR count). The highest BCUT2D eigenvalue weighted by Crippen LogP contribution is 2.31. The number of hydrogen-bond acceptors (Lipinski definition) is 4. The van der Waals surface area contributed by atoms with E-state index in [4.69, 9.17) is 0 Å². The van der Waals surface area contributed by atoms with E-state index >= 15 is 0 Å². The number of sulfonamides is 1. The molecule has 0 aliphatic heterocycles. The first-order valence-electron chi connectivity index (χ1n) is 6.24. The van der Waals surface area contributed by atoms with Crippen LogP contribution in [0, 0.1) is 0 Å². The summed E-state index contributed by atoms with van der Waals surface area (Å²) in [6.45, 7) is 2.77. The van der Waals surface area contributed by atoms with Gasteiger partial charge >= 0.3 is 0 Å². The molecule has 0 spiro atoms. The Morgan fingerprint density at radius 3 is 2.83 bits per heavy atom. The summed E-state index contributed by atoms with van der Waals surface area (Å²) in [5.74, 6) is 0. The summed E-state index contributed by atoms with van der Waals surface area (Å²) in [4.78, 5) is 4.04. The highest BCUT2D eigenvalue weighted by Gasteiger charge is 2.36. The van der Waals surface area contributed by atoms with Gasteiger partial charge in [0.15, 0.2) is 5.03 Å². The maximum atomic E-state index is 12.4. The lowest BCUT2D eigenvalue weighted by molar-refractivity contribution is 0.462. The predicted octanol–water partition coefficient (Wildman–Crippen LogP) is 1.69. The molecule has 0 atom stereocenters. The average molecular weight is 269 g/mol. The number of nitrogens with one attached hydrogen (secondary N) is 1. The Kier molecular flexibility index (Phi) is 3.87. The van der Waals surface area contributed by atoms with Crippen molar-refractivity contribution in [3.05, 3.63) is 18.3 Å². The predicted molar refractivity (Wildman–Crippen MR) is 71.0 cm³/mol. The van der Waals surface area contributed by atoms with Gasteiger partial charge in [0.2, 0.25) is 0 Å². The minimum absolute atomic E-state index is 0.132. The SMILES string of the molecule is CCCNc1cccnc1S(=O)(=O)N(C)C1CC1. The van der Waals surface area contributed by atoms with Gasteiger partial charge in [-0.25, -0.2) is 13.4 Å². The Morgan fingerprint density at radius 2 is 2.22 bits per heavy atom. The van der Waals surface area contributed by atoms with Crippen molar-refractivity contribution in [2.24, 2.45) is 0 Å². The van der Waals surface area contributed by atoms with Crippen LogP contribution < -0.4 is 5.32 Å². The molecule has 1 aliphatic rings. The van der Waals surface area contributed by atoms with Crippen LogP contribution in [0.3, 0.4) is 0 Å². The first-order chi connectivity index (χ1) is 8.57. The van der Waals surface area contributed by atoms with E-state index in [0.717, 1.165) is 25.8 Å². The zero-order valence-electron chi connectivity index (χ0n) is 10.8. The van der Waals surface area contributed by atoms with E-state index in [1.165, 1.54) is 10.5 Å². The van der Waals surface area contributed by atoms with Crippen LogP contribution in [0.25, 0.3) is 0 Å². The molecule has 1 aliphatic carbocycles. The minimum Gasteiger partial charge on any atom is -0.383 e. The lowest BCUT2D eigenvalue weighted by Gasteiger charge is -2.18. The second-order valence-corrected chi connectivity index (χ2v) is 6.45. The Morgan fingerprint density at radius 1 is 1.50 bits per heavy atom. The van der Waals surface area contributed by atoms with Gasteiger partial charge in [-0.15, -0.1) is 0 Å². The van der Waals surface area contributed by atoms with E-state index in [9.17, 15) is 8.42 Å². The molecule has 0 aromatic carbocycles. The largest absolute Gasteiger partial charge is 0.383 e. The van der Waals surface area contributed by atoms with Gasteiger partial charge < -0.3 is 5.32 Å². The van der Waals surface area contributed by atoms with Crippen molar-refractivity contribution in [1.29, 1.82) is 0 Å². The fraction of sp³-hybridized carbons (Fsp3) is 0.583. The molecule has 1 aromatic rings. The second-order valence-electron chi connectivity index (χ2n) is 4.54. The molecule has 0 unspecified atom stereocenters. The van der Waals surface area contributed by atoms with Gasteiger partial charge in [-0.2, -0.15) is 4.31 Å².